The van der Waals surface area contributed by atoms with Gasteiger partial charge in [0.15, 0.2) is 0 Å². The van der Waals surface area contributed by atoms with Gasteiger partial charge in [0.25, 0.3) is 5.91 Å². The summed E-state index contributed by atoms with van der Waals surface area (Å²) in [6.07, 6.45) is 7.08. The summed E-state index contributed by atoms with van der Waals surface area (Å²) in [5.74, 6) is -0.177. The Balaban J connectivity index is 0.00000245. The molecule has 1 amide bonds. The Labute approximate surface area is 200 Å². The van der Waals surface area contributed by atoms with Gasteiger partial charge in [-0.05, 0) is 35.6 Å². The van der Waals surface area contributed by atoms with Crippen molar-refractivity contribution in [3.05, 3.63) is 121 Å². The van der Waals surface area contributed by atoms with Crippen LogP contribution in [0.5, 0.6) is 0 Å². The van der Waals surface area contributed by atoms with Crippen molar-refractivity contribution < 1.29 is 25.9 Å². The maximum atomic E-state index is 13.6. The summed E-state index contributed by atoms with van der Waals surface area (Å²) in [6.45, 7) is 0. The van der Waals surface area contributed by atoms with Crippen molar-refractivity contribution >= 4 is 17.3 Å². The van der Waals surface area contributed by atoms with Gasteiger partial charge in [0.05, 0.1) is 0 Å². The Morgan fingerprint density at radius 2 is 1.22 bits per heavy atom. The summed E-state index contributed by atoms with van der Waals surface area (Å²) in [7, 11) is 0. The van der Waals surface area contributed by atoms with E-state index in [9.17, 15) is 4.79 Å². The molecule has 0 N–H and O–H groups in total. The van der Waals surface area contributed by atoms with E-state index in [2.05, 4.69) is 22.3 Å². The van der Waals surface area contributed by atoms with E-state index in [0.717, 1.165) is 11.4 Å². The fourth-order valence-electron chi connectivity index (χ4n) is 3.30. The second-order valence-corrected chi connectivity index (χ2v) is 6.75. The number of hydrogen-bond donors (Lipinski definition) is 0. The average molecular weight is 599 g/mol. The molecule has 0 aliphatic carbocycles. The summed E-state index contributed by atoms with van der Waals surface area (Å²) in [6, 6.07) is 30.7. The van der Waals surface area contributed by atoms with Crippen molar-refractivity contribution in [3.8, 4) is 11.4 Å². The molecule has 0 unspecified atom stereocenters. The number of benzene rings is 3. The molecule has 0 bridgehead atoms. The van der Waals surface area contributed by atoms with Crippen LogP contribution in [0.15, 0.2) is 104 Å². The third-order valence-corrected chi connectivity index (χ3v) is 4.74. The minimum Gasteiger partial charge on any atom is -0.325 e. The van der Waals surface area contributed by atoms with Crippen LogP contribution < -0.4 is 4.90 Å². The predicted octanol–water partition coefficient (Wildman–Crippen LogP) is 4.63. The summed E-state index contributed by atoms with van der Waals surface area (Å²) in [5, 5.41) is 8.55. The molecule has 3 aromatic carbocycles. The normalized spacial score (nSPS) is 10.4. The van der Waals surface area contributed by atoms with Gasteiger partial charge in [-0.15, -0.1) is 36.4 Å². The summed E-state index contributed by atoms with van der Waals surface area (Å²) in [4.78, 5) is 15.2. The number of anilines is 2. The van der Waals surface area contributed by atoms with Gasteiger partial charge in [-0.2, -0.15) is 22.3 Å². The van der Waals surface area contributed by atoms with Gasteiger partial charge >= 0.3 is 21.1 Å². The van der Waals surface area contributed by atoms with Crippen molar-refractivity contribution in [2.24, 2.45) is 0 Å². The van der Waals surface area contributed by atoms with E-state index >= 15 is 0 Å². The summed E-state index contributed by atoms with van der Waals surface area (Å²) in [5.41, 5.74) is 3.22. The van der Waals surface area contributed by atoms with E-state index in [0.29, 0.717) is 16.9 Å². The van der Waals surface area contributed by atoms with Crippen LogP contribution in [0.1, 0.15) is 10.4 Å². The second kappa shape index (κ2) is 9.58. The van der Waals surface area contributed by atoms with Crippen LogP contribution in [0.2, 0.25) is 0 Å². The molecule has 7 heteroatoms. The second-order valence-electron chi connectivity index (χ2n) is 6.75. The standard InChI is InChI=1S/C25H17N5O.Pt/c31-25(20-8-2-1-3-9-20)30(23-12-4-10-21(18-23)28-16-6-14-26-28)24-13-5-11-22(19-24)29-17-7-15-27-29;/h1-17H;/q-2;+2. The molecule has 0 radical (unpaired) electrons. The van der Waals surface area contributed by atoms with E-state index < -0.39 is 0 Å². The predicted molar refractivity (Wildman–Crippen MR) is 118 cm³/mol. The van der Waals surface area contributed by atoms with Crippen molar-refractivity contribution in [2.75, 3.05) is 4.90 Å². The maximum Gasteiger partial charge on any atom is 2.00 e. The Bertz CT molecular complexity index is 1220. The van der Waals surface area contributed by atoms with Crippen molar-refractivity contribution in [1.82, 2.24) is 19.6 Å². The molecule has 5 rings (SSSR count). The zero-order valence-electron chi connectivity index (χ0n) is 16.8. The van der Waals surface area contributed by atoms with E-state index in [1.807, 2.05) is 79.1 Å². The smallest absolute Gasteiger partial charge is 0.325 e. The molecule has 0 atom stereocenters. The molecule has 0 aliphatic heterocycles. The molecule has 0 saturated heterocycles. The monoisotopic (exact) mass is 598 g/mol. The first-order valence-corrected chi connectivity index (χ1v) is 9.74. The van der Waals surface area contributed by atoms with Gasteiger partial charge in [0, 0.05) is 30.4 Å². The molecule has 0 saturated carbocycles. The molecule has 2 aromatic heterocycles. The van der Waals surface area contributed by atoms with Crippen molar-refractivity contribution in [1.29, 1.82) is 0 Å². The van der Waals surface area contributed by atoms with Crippen LogP contribution in [0.3, 0.4) is 0 Å². The number of rotatable bonds is 5. The average Bonchev–Trinajstić information content (AvgIpc) is 3.55. The molecule has 5 aromatic rings. The molecule has 158 valence electrons. The Kier molecular flexibility index (Phi) is 6.43. The van der Waals surface area contributed by atoms with Gasteiger partial charge in [-0.1, -0.05) is 29.6 Å². The van der Waals surface area contributed by atoms with Crippen LogP contribution in [0, 0.1) is 12.1 Å². The molecule has 32 heavy (non-hydrogen) atoms. The number of nitrogens with zero attached hydrogens (tertiary/aromatic N) is 5. The zero-order valence-corrected chi connectivity index (χ0v) is 19.0. The fourth-order valence-corrected chi connectivity index (χ4v) is 3.30. The fraction of sp³-hybridized carbons (Fsp3) is 0. The van der Waals surface area contributed by atoms with Gasteiger partial charge in [0.1, 0.15) is 0 Å². The summed E-state index contributed by atoms with van der Waals surface area (Å²) >= 11 is 0. The SMILES string of the molecule is O=C(c1ccccc1)N(c1[c-]c(-n2cccn2)ccc1)c1[c-]c(-n2cccn2)ccc1.[Pt+2]. The van der Waals surface area contributed by atoms with Gasteiger partial charge < -0.3 is 4.90 Å². The number of aromatic nitrogens is 4. The molecular weight excluding hydrogens is 581 g/mol. The van der Waals surface area contributed by atoms with Gasteiger partial charge in [-0.3, -0.25) is 14.2 Å². The minimum atomic E-state index is -0.177. The number of amides is 1. The Hall–Kier alpha value is -3.76. The first kappa shape index (κ1) is 21.5. The van der Waals surface area contributed by atoms with E-state index in [1.165, 1.54) is 0 Å². The minimum absolute atomic E-state index is 0. The first-order chi connectivity index (χ1) is 15.3. The van der Waals surface area contributed by atoms with Crippen LogP contribution in [0.4, 0.5) is 11.4 Å². The number of carbonyl (C=O) groups is 1. The van der Waals surface area contributed by atoms with Crippen LogP contribution >= 0.6 is 0 Å². The van der Waals surface area contributed by atoms with E-state index in [-0.39, 0.29) is 27.0 Å². The molecule has 0 fully saturated rings. The molecule has 2 heterocycles. The summed E-state index contributed by atoms with van der Waals surface area (Å²) < 4.78 is 3.41. The van der Waals surface area contributed by atoms with Gasteiger partial charge in [-0.25, -0.2) is 0 Å². The largest absolute Gasteiger partial charge is 2.00 e. The van der Waals surface area contributed by atoms with Crippen LogP contribution in [-0.4, -0.2) is 25.5 Å². The maximum absolute atomic E-state index is 13.6. The van der Waals surface area contributed by atoms with Crippen molar-refractivity contribution in [2.45, 2.75) is 0 Å². The topological polar surface area (TPSA) is 56.0 Å². The quantitative estimate of drug-likeness (QED) is 0.277. The molecule has 6 nitrogen and oxygen atoms in total. The van der Waals surface area contributed by atoms with Crippen molar-refractivity contribution in [3.63, 3.8) is 0 Å². The molecule has 0 spiro atoms. The van der Waals surface area contributed by atoms with Gasteiger partial charge in [0.2, 0.25) is 0 Å². The number of carbonyl (C=O) groups excluding carboxylic acids is 1. The van der Waals surface area contributed by atoms with E-state index in [4.69, 9.17) is 0 Å². The van der Waals surface area contributed by atoms with Crippen LogP contribution in [0.25, 0.3) is 11.4 Å². The Morgan fingerprint density at radius 3 is 1.69 bits per heavy atom. The molecule has 0 aliphatic rings. The third kappa shape index (κ3) is 4.31. The zero-order chi connectivity index (χ0) is 21.0. The molecular formula is C25H17N5OPt. The van der Waals surface area contributed by atoms with E-state index in [1.54, 1.807) is 38.8 Å². The Morgan fingerprint density at radius 1 is 0.688 bits per heavy atom. The number of hydrogen-bond acceptors (Lipinski definition) is 3. The van der Waals surface area contributed by atoms with Crippen LogP contribution in [-0.2, 0) is 21.1 Å². The third-order valence-electron chi connectivity index (χ3n) is 4.74. The first-order valence-electron chi connectivity index (χ1n) is 9.74.